The van der Waals surface area contributed by atoms with Crippen LogP contribution in [0.2, 0.25) is 5.02 Å². The summed E-state index contributed by atoms with van der Waals surface area (Å²) in [6.07, 6.45) is 1.95. The van der Waals surface area contributed by atoms with Crippen molar-refractivity contribution in [3.8, 4) is 5.75 Å². The fourth-order valence-corrected chi connectivity index (χ4v) is 2.13. The van der Waals surface area contributed by atoms with Crippen molar-refractivity contribution in [3.63, 3.8) is 0 Å². The van der Waals surface area contributed by atoms with Gasteiger partial charge in [0.2, 0.25) is 0 Å². The Morgan fingerprint density at radius 3 is 2.50 bits per heavy atom. The van der Waals surface area contributed by atoms with E-state index in [0.29, 0.717) is 23.6 Å². The second kappa shape index (κ2) is 7.11. The van der Waals surface area contributed by atoms with E-state index >= 15 is 0 Å². The molecule has 0 N–H and O–H groups in total. The molecule has 20 heavy (non-hydrogen) atoms. The minimum Gasteiger partial charge on any atom is -0.427 e. The topological polar surface area (TPSA) is 26.3 Å². The molecule has 0 unspecified atom stereocenters. The Morgan fingerprint density at radius 1 is 1.10 bits per heavy atom. The molecule has 3 heteroatoms. The van der Waals surface area contributed by atoms with E-state index in [0.717, 1.165) is 12.0 Å². The van der Waals surface area contributed by atoms with E-state index in [2.05, 4.69) is 6.92 Å². The van der Waals surface area contributed by atoms with E-state index in [4.69, 9.17) is 16.3 Å². The molecule has 0 aromatic heterocycles. The van der Waals surface area contributed by atoms with Gasteiger partial charge in [0.05, 0.1) is 0 Å². The third-order valence-electron chi connectivity index (χ3n) is 3.07. The van der Waals surface area contributed by atoms with Crippen LogP contribution < -0.4 is 4.74 Å². The van der Waals surface area contributed by atoms with Crippen molar-refractivity contribution in [1.82, 2.24) is 0 Å². The Bertz CT molecular complexity index is 576. The predicted octanol–water partition coefficient (Wildman–Crippen LogP) is 4.44. The molecule has 2 aromatic carbocycles. The Kier molecular flexibility index (Phi) is 5.19. The lowest BCUT2D eigenvalue weighted by atomic mass is 10.1. The van der Waals surface area contributed by atoms with Crippen LogP contribution in [0.5, 0.6) is 5.75 Å². The van der Waals surface area contributed by atoms with E-state index in [1.165, 1.54) is 5.56 Å². The molecule has 0 aliphatic heterocycles. The number of hydrogen-bond acceptors (Lipinski definition) is 2. The number of carbonyl (C=O) groups is 1. The van der Waals surface area contributed by atoms with Crippen LogP contribution in [-0.2, 0) is 17.6 Å². The van der Waals surface area contributed by atoms with Crippen molar-refractivity contribution in [2.24, 2.45) is 0 Å². The summed E-state index contributed by atoms with van der Waals surface area (Å²) >= 11 is 5.90. The molecule has 2 aromatic rings. The Labute approximate surface area is 124 Å². The molecule has 0 radical (unpaired) electrons. The standard InChI is InChI=1S/C17H17ClO2/c1-2-13-6-9-16(10-7-13)20-17(19)11-8-14-4-3-5-15(18)12-14/h3-7,9-10,12H,2,8,11H2,1H3. The van der Waals surface area contributed by atoms with E-state index in [-0.39, 0.29) is 5.97 Å². The number of benzene rings is 2. The molecule has 2 rings (SSSR count). The summed E-state index contributed by atoms with van der Waals surface area (Å²) < 4.78 is 5.29. The number of halogens is 1. The van der Waals surface area contributed by atoms with Gasteiger partial charge < -0.3 is 4.74 Å². The molecule has 0 bridgehead atoms. The second-order valence-electron chi connectivity index (χ2n) is 4.60. The Morgan fingerprint density at radius 2 is 1.85 bits per heavy atom. The van der Waals surface area contributed by atoms with Crippen molar-refractivity contribution in [2.45, 2.75) is 26.2 Å². The van der Waals surface area contributed by atoms with Gasteiger partial charge in [0.25, 0.3) is 0 Å². The molecule has 0 aliphatic rings. The second-order valence-corrected chi connectivity index (χ2v) is 5.04. The van der Waals surface area contributed by atoms with Gasteiger partial charge in [0, 0.05) is 11.4 Å². The van der Waals surface area contributed by atoms with Crippen LogP contribution in [0.25, 0.3) is 0 Å². The highest BCUT2D eigenvalue weighted by atomic mass is 35.5. The molecule has 0 spiro atoms. The summed E-state index contributed by atoms with van der Waals surface area (Å²) in [6.45, 7) is 2.09. The lowest BCUT2D eigenvalue weighted by Gasteiger charge is -2.05. The third-order valence-corrected chi connectivity index (χ3v) is 3.31. The minimum atomic E-state index is -0.228. The smallest absolute Gasteiger partial charge is 0.311 e. The maximum atomic E-state index is 11.8. The first-order chi connectivity index (χ1) is 9.67. The van der Waals surface area contributed by atoms with Crippen LogP contribution in [0.4, 0.5) is 0 Å². The first-order valence-electron chi connectivity index (χ1n) is 6.71. The van der Waals surface area contributed by atoms with Crippen LogP contribution >= 0.6 is 11.6 Å². The monoisotopic (exact) mass is 288 g/mol. The van der Waals surface area contributed by atoms with Gasteiger partial charge in [-0.05, 0) is 48.2 Å². The van der Waals surface area contributed by atoms with Gasteiger partial charge in [-0.1, -0.05) is 42.8 Å². The molecule has 0 saturated carbocycles. The molecule has 2 nitrogen and oxygen atoms in total. The number of rotatable bonds is 5. The molecule has 0 saturated heterocycles. The van der Waals surface area contributed by atoms with Crippen molar-refractivity contribution in [3.05, 3.63) is 64.7 Å². The van der Waals surface area contributed by atoms with Gasteiger partial charge in [-0.15, -0.1) is 0 Å². The van der Waals surface area contributed by atoms with Gasteiger partial charge in [-0.3, -0.25) is 4.79 Å². The maximum absolute atomic E-state index is 11.8. The summed E-state index contributed by atoms with van der Waals surface area (Å²) in [4.78, 5) is 11.8. The van der Waals surface area contributed by atoms with E-state index < -0.39 is 0 Å². The number of carbonyl (C=O) groups excluding carboxylic acids is 1. The van der Waals surface area contributed by atoms with E-state index in [9.17, 15) is 4.79 Å². The van der Waals surface area contributed by atoms with Gasteiger partial charge in [-0.2, -0.15) is 0 Å². The summed E-state index contributed by atoms with van der Waals surface area (Å²) in [7, 11) is 0. The fraction of sp³-hybridized carbons (Fsp3) is 0.235. The summed E-state index contributed by atoms with van der Waals surface area (Å²) in [5.74, 6) is 0.368. The molecule has 104 valence electrons. The zero-order valence-electron chi connectivity index (χ0n) is 11.4. The quantitative estimate of drug-likeness (QED) is 0.600. The number of hydrogen-bond donors (Lipinski definition) is 0. The highest BCUT2D eigenvalue weighted by molar-refractivity contribution is 6.30. The number of aryl methyl sites for hydroxylation is 2. The molecule has 0 fully saturated rings. The fourth-order valence-electron chi connectivity index (χ4n) is 1.91. The molecule has 0 amide bonds. The van der Waals surface area contributed by atoms with Gasteiger partial charge in [0.1, 0.15) is 5.75 Å². The average Bonchev–Trinajstić information content (AvgIpc) is 2.46. The van der Waals surface area contributed by atoms with Crippen molar-refractivity contribution in [1.29, 1.82) is 0 Å². The van der Waals surface area contributed by atoms with Gasteiger partial charge in [-0.25, -0.2) is 0 Å². The molecule has 0 heterocycles. The van der Waals surface area contributed by atoms with Crippen LogP contribution in [0.3, 0.4) is 0 Å². The Balaban J connectivity index is 1.85. The maximum Gasteiger partial charge on any atom is 0.311 e. The molecule has 0 atom stereocenters. The van der Waals surface area contributed by atoms with E-state index in [1.807, 2.05) is 48.5 Å². The van der Waals surface area contributed by atoms with Crippen molar-refractivity contribution in [2.75, 3.05) is 0 Å². The zero-order chi connectivity index (χ0) is 14.4. The summed E-state index contributed by atoms with van der Waals surface area (Å²) in [5, 5.41) is 0.686. The van der Waals surface area contributed by atoms with Crippen LogP contribution in [-0.4, -0.2) is 5.97 Å². The lowest BCUT2D eigenvalue weighted by molar-refractivity contribution is -0.134. The van der Waals surface area contributed by atoms with Gasteiger partial charge >= 0.3 is 5.97 Å². The highest BCUT2D eigenvalue weighted by Crippen LogP contribution is 2.15. The van der Waals surface area contributed by atoms with Crippen molar-refractivity contribution >= 4 is 17.6 Å². The van der Waals surface area contributed by atoms with Crippen LogP contribution in [0.1, 0.15) is 24.5 Å². The number of ether oxygens (including phenoxy) is 1. The third kappa shape index (κ3) is 4.39. The lowest BCUT2D eigenvalue weighted by Crippen LogP contribution is -2.09. The largest absolute Gasteiger partial charge is 0.427 e. The molecular formula is C17H17ClO2. The van der Waals surface area contributed by atoms with Gasteiger partial charge in [0.15, 0.2) is 0 Å². The number of esters is 1. The van der Waals surface area contributed by atoms with Crippen LogP contribution in [0, 0.1) is 0 Å². The summed E-state index contributed by atoms with van der Waals surface area (Å²) in [5.41, 5.74) is 2.26. The first kappa shape index (κ1) is 14.6. The minimum absolute atomic E-state index is 0.228. The normalized spacial score (nSPS) is 10.3. The first-order valence-corrected chi connectivity index (χ1v) is 7.09. The van der Waals surface area contributed by atoms with Crippen LogP contribution in [0.15, 0.2) is 48.5 Å². The van der Waals surface area contributed by atoms with E-state index in [1.54, 1.807) is 0 Å². The molecule has 0 aliphatic carbocycles. The predicted molar refractivity (Wildman–Crippen MR) is 81.2 cm³/mol. The zero-order valence-corrected chi connectivity index (χ0v) is 12.2. The highest BCUT2D eigenvalue weighted by Gasteiger charge is 2.06. The molecular weight excluding hydrogens is 272 g/mol. The SMILES string of the molecule is CCc1ccc(OC(=O)CCc2cccc(Cl)c2)cc1. The Hall–Kier alpha value is -1.80. The van der Waals surface area contributed by atoms with Crippen molar-refractivity contribution < 1.29 is 9.53 Å². The summed E-state index contributed by atoms with van der Waals surface area (Å²) in [6, 6.07) is 15.1. The average molecular weight is 289 g/mol.